The molecule has 1 aromatic rings. The first kappa shape index (κ1) is 15.0. The largest absolute Gasteiger partial charge is 0.366 e. The minimum atomic E-state index is -0.463. The van der Waals surface area contributed by atoms with Crippen molar-refractivity contribution < 1.29 is 9.53 Å². The second-order valence-electron chi connectivity index (χ2n) is 6.26. The van der Waals surface area contributed by atoms with Crippen molar-refractivity contribution >= 4 is 5.78 Å². The van der Waals surface area contributed by atoms with E-state index >= 15 is 0 Å². The number of carbonyl (C=O) groups excluding carboxylic acids is 1. The number of carbonyl (C=O) groups is 1. The molecule has 0 bridgehead atoms. The standard InChI is InChI=1S/C18H24O2/c1-12(2)17(19)10-15-11-20-18(5,14(15)4)16-8-6-13(3)7-9-16/h6-9,12,15H,4,10-11H2,1-3,5H3/t15-,18-/m1/s1. The Hall–Kier alpha value is -1.41. The van der Waals surface area contributed by atoms with E-state index in [4.69, 9.17) is 4.74 Å². The van der Waals surface area contributed by atoms with Gasteiger partial charge in [-0.2, -0.15) is 0 Å². The number of Topliss-reactive ketones (excluding diaryl/α,β-unsaturated/α-hetero) is 1. The topological polar surface area (TPSA) is 26.3 Å². The van der Waals surface area contributed by atoms with Gasteiger partial charge in [-0.25, -0.2) is 0 Å². The van der Waals surface area contributed by atoms with Crippen molar-refractivity contribution in [3.05, 3.63) is 47.5 Å². The Kier molecular flexibility index (Phi) is 4.14. The highest BCUT2D eigenvalue weighted by Gasteiger charge is 2.42. The van der Waals surface area contributed by atoms with Gasteiger partial charge in [-0.1, -0.05) is 50.3 Å². The molecule has 0 aromatic heterocycles. The van der Waals surface area contributed by atoms with Crippen LogP contribution < -0.4 is 0 Å². The molecule has 1 fully saturated rings. The molecule has 2 heteroatoms. The molecule has 0 unspecified atom stereocenters. The van der Waals surface area contributed by atoms with Crippen LogP contribution in [0.5, 0.6) is 0 Å². The van der Waals surface area contributed by atoms with Gasteiger partial charge in [0.2, 0.25) is 0 Å². The van der Waals surface area contributed by atoms with Crippen molar-refractivity contribution in [3.8, 4) is 0 Å². The van der Waals surface area contributed by atoms with Gasteiger partial charge in [-0.3, -0.25) is 4.79 Å². The lowest BCUT2D eigenvalue weighted by molar-refractivity contribution is -0.122. The highest BCUT2D eigenvalue weighted by atomic mass is 16.5. The summed E-state index contributed by atoms with van der Waals surface area (Å²) in [5, 5.41) is 0. The van der Waals surface area contributed by atoms with E-state index < -0.39 is 5.60 Å². The van der Waals surface area contributed by atoms with Gasteiger partial charge in [0, 0.05) is 18.3 Å². The number of hydrogen-bond acceptors (Lipinski definition) is 2. The molecule has 1 aromatic carbocycles. The molecular weight excluding hydrogens is 248 g/mol. The molecule has 1 heterocycles. The number of rotatable bonds is 4. The third-order valence-corrected chi connectivity index (χ3v) is 4.37. The Morgan fingerprint density at radius 1 is 1.40 bits per heavy atom. The SMILES string of the molecule is C=C1[C@H](CC(=O)C(C)C)CO[C@@]1(C)c1ccc(C)cc1. The smallest absolute Gasteiger partial charge is 0.136 e. The quantitative estimate of drug-likeness (QED) is 0.774. The van der Waals surface area contributed by atoms with E-state index in [2.05, 4.69) is 44.7 Å². The molecular formula is C18H24O2. The first-order valence-corrected chi connectivity index (χ1v) is 7.27. The summed E-state index contributed by atoms with van der Waals surface area (Å²) < 4.78 is 6.02. The predicted molar refractivity (Wildman–Crippen MR) is 81.6 cm³/mol. The van der Waals surface area contributed by atoms with E-state index in [9.17, 15) is 4.79 Å². The maximum Gasteiger partial charge on any atom is 0.136 e. The summed E-state index contributed by atoms with van der Waals surface area (Å²) in [6.45, 7) is 12.8. The molecule has 0 N–H and O–H groups in total. The van der Waals surface area contributed by atoms with Gasteiger partial charge in [0.25, 0.3) is 0 Å². The third-order valence-electron chi connectivity index (χ3n) is 4.37. The van der Waals surface area contributed by atoms with Gasteiger partial charge in [-0.05, 0) is 25.0 Å². The van der Waals surface area contributed by atoms with Crippen molar-refractivity contribution in [3.63, 3.8) is 0 Å². The Labute approximate surface area is 121 Å². The van der Waals surface area contributed by atoms with Crippen molar-refractivity contribution in [2.45, 2.75) is 39.7 Å². The Bertz CT molecular complexity index is 513. The van der Waals surface area contributed by atoms with Crippen molar-refractivity contribution in [2.24, 2.45) is 11.8 Å². The number of benzene rings is 1. The van der Waals surface area contributed by atoms with Gasteiger partial charge >= 0.3 is 0 Å². The van der Waals surface area contributed by atoms with Gasteiger partial charge in [0.1, 0.15) is 11.4 Å². The average Bonchev–Trinajstić information content (AvgIpc) is 2.69. The summed E-state index contributed by atoms with van der Waals surface area (Å²) in [6, 6.07) is 8.36. The molecule has 0 radical (unpaired) electrons. The summed E-state index contributed by atoms with van der Waals surface area (Å²) in [4.78, 5) is 11.9. The lowest BCUT2D eigenvalue weighted by Crippen LogP contribution is -2.23. The minimum Gasteiger partial charge on any atom is -0.366 e. The first-order chi connectivity index (χ1) is 9.34. The van der Waals surface area contributed by atoms with Gasteiger partial charge < -0.3 is 4.74 Å². The number of ketones is 1. The number of hydrogen-bond donors (Lipinski definition) is 0. The fourth-order valence-corrected chi connectivity index (χ4v) is 2.65. The van der Waals surface area contributed by atoms with Crippen molar-refractivity contribution in [2.75, 3.05) is 6.61 Å². The highest BCUT2D eigenvalue weighted by Crippen LogP contribution is 2.44. The zero-order chi connectivity index (χ0) is 14.9. The monoisotopic (exact) mass is 272 g/mol. The Morgan fingerprint density at radius 3 is 2.55 bits per heavy atom. The van der Waals surface area contributed by atoms with Gasteiger partial charge in [0.15, 0.2) is 0 Å². The van der Waals surface area contributed by atoms with Crippen LogP contribution in [0.3, 0.4) is 0 Å². The molecule has 1 aliphatic rings. The summed E-state index contributed by atoms with van der Waals surface area (Å²) in [5.41, 5.74) is 2.91. The van der Waals surface area contributed by atoms with Crippen LogP contribution >= 0.6 is 0 Å². The van der Waals surface area contributed by atoms with Crippen LogP contribution in [0.25, 0.3) is 0 Å². The third kappa shape index (κ3) is 2.71. The molecule has 20 heavy (non-hydrogen) atoms. The molecule has 2 rings (SSSR count). The maximum absolute atomic E-state index is 11.9. The van der Waals surface area contributed by atoms with E-state index in [1.54, 1.807) is 0 Å². The predicted octanol–water partition coefficient (Wildman–Crippen LogP) is 4.03. The molecule has 1 saturated heterocycles. The van der Waals surface area contributed by atoms with E-state index in [-0.39, 0.29) is 17.6 Å². The second-order valence-corrected chi connectivity index (χ2v) is 6.26. The van der Waals surface area contributed by atoms with Gasteiger partial charge in [0.05, 0.1) is 6.61 Å². The molecule has 0 amide bonds. The first-order valence-electron chi connectivity index (χ1n) is 7.27. The lowest BCUT2D eigenvalue weighted by Gasteiger charge is -2.26. The summed E-state index contributed by atoms with van der Waals surface area (Å²) >= 11 is 0. The number of aryl methyl sites for hydroxylation is 1. The minimum absolute atomic E-state index is 0.0778. The van der Waals surface area contributed by atoms with Crippen molar-refractivity contribution in [1.29, 1.82) is 0 Å². The molecule has 1 aliphatic heterocycles. The van der Waals surface area contributed by atoms with Crippen LogP contribution in [0.15, 0.2) is 36.4 Å². The molecule has 2 nitrogen and oxygen atoms in total. The zero-order valence-electron chi connectivity index (χ0n) is 12.9. The summed E-state index contributed by atoms with van der Waals surface area (Å²) in [5.74, 6) is 0.498. The summed E-state index contributed by atoms with van der Waals surface area (Å²) in [6.07, 6.45) is 0.540. The Balaban J connectivity index is 2.17. The van der Waals surface area contributed by atoms with Gasteiger partial charge in [-0.15, -0.1) is 0 Å². The zero-order valence-corrected chi connectivity index (χ0v) is 12.9. The van der Waals surface area contributed by atoms with Crippen LogP contribution in [0.4, 0.5) is 0 Å². The van der Waals surface area contributed by atoms with Crippen LogP contribution in [-0.2, 0) is 15.1 Å². The molecule has 0 aliphatic carbocycles. The molecule has 0 saturated carbocycles. The Morgan fingerprint density at radius 2 is 2.00 bits per heavy atom. The fourth-order valence-electron chi connectivity index (χ4n) is 2.65. The van der Waals surface area contributed by atoms with E-state index in [1.165, 1.54) is 5.56 Å². The average molecular weight is 272 g/mol. The van der Waals surface area contributed by atoms with Crippen LogP contribution in [0.2, 0.25) is 0 Å². The van der Waals surface area contributed by atoms with Crippen LogP contribution in [0, 0.1) is 18.8 Å². The second kappa shape index (κ2) is 5.53. The van der Waals surface area contributed by atoms with Crippen molar-refractivity contribution in [1.82, 2.24) is 0 Å². The molecule has 108 valence electrons. The molecule has 2 atom stereocenters. The number of ether oxygens (including phenoxy) is 1. The van der Waals surface area contributed by atoms with E-state index in [1.807, 2.05) is 13.8 Å². The van der Waals surface area contributed by atoms with E-state index in [0.29, 0.717) is 13.0 Å². The van der Waals surface area contributed by atoms with Crippen LogP contribution in [-0.4, -0.2) is 12.4 Å². The van der Waals surface area contributed by atoms with E-state index in [0.717, 1.165) is 11.1 Å². The lowest BCUT2D eigenvalue weighted by atomic mass is 9.81. The summed E-state index contributed by atoms with van der Waals surface area (Å²) in [7, 11) is 0. The normalized spacial score (nSPS) is 26.2. The molecule has 0 spiro atoms. The maximum atomic E-state index is 11.9. The highest BCUT2D eigenvalue weighted by molar-refractivity contribution is 5.81. The fraction of sp³-hybridized carbons (Fsp3) is 0.500. The van der Waals surface area contributed by atoms with Crippen LogP contribution in [0.1, 0.15) is 38.3 Å².